The van der Waals surface area contributed by atoms with Crippen molar-refractivity contribution in [3.8, 4) is 0 Å². The number of nitrogens with zero attached hydrogens (tertiary/aromatic N) is 4. The van der Waals surface area contributed by atoms with Gasteiger partial charge in [-0.25, -0.2) is 19.9 Å². The van der Waals surface area contributed by atoms with Gasteiger partial charge in [0.25, 0.3) is 0 Å². The van der Waals surface area contributed by atoms with Crippen molar-refractivity contribution in [3.63, 3.8) is 0 Å². The van der Waals surface area contributed by atoms with Gasteiger partial charge in [0, 0.05) is 18.0 Å². The van der Waals surface area contributed by atoms with E-state index in [1.807, 2.05) is 49.6 Å². The van der Waals surface area contributed by atoms with Crippen LogP contribution in [-0.2, 0) is 0 Å². The summed E-state index contributed by atoms with van der Waals surface area (Å²) >= 11 is 1.58. The van der Waals surface area contributed by atoms with E-state index in [1.54, 1.807) is 18.0 Å². The fraction of sp³-hybridized carbons (Fsp3) is 0.125. The zero-order valence-electron chi connectivity index (χ0n) is 12.8. The first-order valence-electron chi connectivity index (χ1n) is 7.03. The van der Waals surface area contributed by atoms with Gasteiger partial charge in [0.2, 0.25) is 0 Å². The molecular formula is C16H16N6S. The largest absolute Gasteiger partial charge is 0.338 e. The molecule has 0 aliphatic carbocycles. The summed E-state index contributed by atoms with van der Waals surface area (Å²) in [4.78, 5) is 17.2. The summed E-state index contributed by atoms with van der Waals surface area (Å²) in [6, 6.07) is 11.5. The summed E-state index contributed by atoms with van der Waals surface area (Å²) in [5, 5.41) is 7.36. The first-order chi connectivity index (χ1) is 11.2. The summed E-state index contributed by atoms with van der Waals surface area (Å²) in [6.45, 7) is 1.95. The van der Waals surface area contributed by atoms with E-state index in [0.717, 1.165) is 22.2 Å². The van der Waals surface area contributed by atoms with E-state index in [9.17, 15) is 0 Å². The Hall–Kier alpha value is -2.67. The van der Waals surface area contributed by atoms with Crippen molar-refractivity contribution in [2.75, 3.05) is 16.9 Å². The van der Waals surface area contributed by atoms with Crippen molar-refractivity contribution in [2.45, 2.75) is 11.9 Å². The molecule has 0 aromatic carbocycles. The Labute approximate surface area is 138 Å². The lowest BCUT2D eigenvalue weighted by Gasteiger charge is -2.10. The second-order valence-electron chi connectivity index (χ2n) is 4.76. The molecule has 0 saturated heterocycles. The molecule has 0 saturated carbocycles. The number of rotatable bonds is 5. The van der Waals surface area contributed by atoms with Crippen LogP contribution >= 0.6 is 11.8 Å². The minimum Gasteiger partial charge on any atom is -0.338 e. The topological polar surface area (TPSA) is 75.6 Å². The monoisotopic (exact) mass is 324 g/mol. The van der Waals surface area contributed by atoms with Gasteiger partial charge in [0.05, 0.1) is 5.69 Å². The van der Waals surface area contributed by atoms with Crippen molar-refractivity contribution in [2.24, 2.45) is 0 Å². The van der Waals surface area contributed by atoms with Crippen LogP contribution in [0.5, 0.6) is 0 Å². The van der Waals surface area contributed by atoms with Crippen LogP contribution in [0.2, 0.25) is 0 Å². The quantitative estimate of drug-likeness (QED) is 0.692. The molecule has 3 rings (SSSR count). The Kier molecular flexibility index (Phi) is 4.68. The van der Waals surface area contributed by atoms with Gasteiger partial charge in [0.15, 0.2) is 0 Å². The molecule has 0 radical (unpaired) electrons. The number of nitrogens with one attached hydrogen (secondary N) is 2. The van der Waals surface area contributed by atoms with Gasteiger partial charge in [-0.2, -0.15) is 0 Å². The number of hydrogen-bond donors (Lipinski definition) is 2. The maximum absolute atomic E-state index is 4.40. The molecule has 3 aromatic rings. The summed E-state index contributed by atoms with van der Waals surface area (Å²) in [7, 11) is 0. The number of aromatic nitrogens is 4. The van der Waals surface area contributed by atoms with E-state index in [4.69, 9.17) is 0 Å². The van der Waals surface area contributed by atoms with Crippen molar-refractivity contribution in [1.29, 1.82) is 0 Å². The second kappa shape index (κ2) is 7.06. The molecule has 0 amide bonds. The molecule has 0 spiro atoms. The number of pyridine rings is 2. The SMILES string of the molecule is CSc1ncccc1Nc1cc(Nc2cccc(C)n2)ncn1. The van der Waals surface area contributed by atoms with Gasteiger partial charge >= 0.3 is 0 Å². The van der Waals surface area contributed by atoms with Crippen LogP contribution in [0.3, 0.4) is 0 Å². The van der Waals surface area contributed by atoms with E-state index in [-0.39, 0.29) is 0 Å². The third-order valence-corrected chi connectivity index (χ3v) is 3.75. The van der Waals surface area contributed by atoms with Crippen molar-refractivity contribution in [1.82, 2.24) is 19.9 Å². The predicted octanol–water partition coefficient (Wildman–Crippen LogP) is 3.78. The van der Waals surface area contributed by atoms with Crippen LogP contribution in [0.4, 0.5) is 23.1 Å². The van der Waals surface area contributed by atoms with Gasteiger partial charge < -0.3 is 10.6 Å². The second-order valence-corrected chi connectivity index (χ2v) is 5.56. The van der Waals surface area contributed by atoms with Gasteiger partial charge in [-0.15, -0.1) is 11.8 Å². The molecule has 3 heterocycles. The minimum atomic E-state index is 0.676. The van der Waals surface area contributed by atoms with Crippen LogP contribution in [0.1, 0.15) is 5.69 Å². The van der Waals surface area contributed by atoms with Gasteiger partial charge in [-0.1, -0.05) is 6.07 Å². The fourth-order valence-corrected chi connectivity index (χ4v) is 2.53. The Morgan fingerprint density at radius 3 is 2.52 bits per heavy atom. The van der Waals surface area contributed by atoms with E-state index in [0.29, 0.717) is 11.6 Å². The van der Waals surface area contributed by atoms with Crippen LogP contribution in [-0.4, -0.2) is 26.2 Å². The lowest BCUT2D eigenvalue weighted by atomic mass is 10.3. The molecule has 7 heteroatoms. The molecule has 0 bridgehead atoms. The highest BCUT2D eigenvalue weighted by molar-refractivity contribution is 7.98. The van der Waals surface area contributed by atoms with Gasteiger partial charge in [0.1, 0.15) is 28.8 Å². The van der Waals surface area contributed by atoms with E-state index in [1.165, 1.54) is 6.33 Å². The number of hydrogen-bond acceptors (Lipinski definition) is 7. The van der Waals surface area contributed by atoms with E-state index in [2.05, 4.69) is 30.6 Å². The van der Waals surface area contributed by atoms with E-state index < -0.39 is 0 Å². The summed E-state index contributed by atoms with van der Waals surface area (Å²) < 4.78 is 0. The average molecular weight is 324 g/mol. The maximum atomic E-state index is 4.40. The minimum absolute atomic E-state index is 0.676. The van der Waals surface area contributed by atoms with Crippen molar-refractivity contribution < 1.29 is 0 Å². The molecule has 0 unspecified atom stereocenters. The van der Waals surface area contributed by atoms with E-state index >= 15 is 0 Å². The third-order valence-electron chi connectivity index (χ3n) is 3.04. The Morgan fingerprint density at radius 1 is 0.913 bits per heavy atom. The molecule has 6 nitrogen and oxygen atoms in total. The molecule has 116 valence electrons. The fourth-order valence-electron chi connectivity index (χ4n) is 2.02. The highest BCUT2D eigenvalue weighted by Crippen LogP contribution is 2.25. The summed E-state index contributed by atoms with van der Waals surface area (Å²) in [5.74, 6) is 2.12. The lowest BCUT2D eigenvalue weighted by molar-refractivity contribution is 1.11. The summed E-state index contributed by atoms with van der Waals surface area (Å²) in [6.07, 6.45) is 5.27. The maximum Gasteiger partial charge on any atom is 0.137 e. The van der Waals surface area contributed by atoms with Gasteiger partial charge in [-0.05, 0) is 37.4 Å². The molecule has 3 aromatic heterocycles. The van der Waals surface area contributed by atoms with Crippen LogP contribution in [0.15, 0.2) is 53.9 Å². The molecule has 0 atom stereocenters. The number of thioether (sulfide) groups is 1. The van der Waals surface area contributed by atoms with Crippen LogP contribution in [0, 0.1) is 6.92 Å². The van der Waals surface area contributed by atoms with Crippen molar-refractivity contribution >= 4 is 34.9 Å². The standard InChI is InChI=1S/C16H16N6S/c1-11-5-3-7-13(20-11)22-15-9-14(18-10-19-15)21-12-6-4-8-17-16(12)23-2/h3-10H,1-2H3,(H2,18,19,20,21,22). The zero-order chi connectivity index (χ0) is 16.1. The van der Waals surface area contributed by atoms with Crippen LogP contribution in [0.25, 0.3) is 0 Å². The Morgan fingerprint density at radius 2 is 1.74 bits per heavy atom. The summed E-state index contributed by atoms with van der Waals surface area (Å²) in [5.41, 5.74) is 1.86. The van der Waals surface area contributed by atoms with Crippen molar-refractivity contribution in [3.05, 3.63) is 54.6 Å². The normalized spacial score (nSPS) is 10.3. The highest BCUT2D eigenvalue weighted by Gasteiger charge is 2.05. The van der Waals surface area contributed by atoms with Crippen LogP contribution < -0.4 is 10.6 Å². The predicted molar refractivity (Wildman–Crippen MR) is 93.6 cm³/mol. The smallest absolute Gasteiger partial charge is 0.137 e. The average Bonchev–Trinajstić information content (AvgIpc) is 2.56. The number of anilines is 4. The highest BCUT2D eigenvalue weighted by atomic mass is 32.2. The molecule has 0 aliphatic rings. The number of aryl methyl sites for hydroxylation is 1. The molecule has 2 N–H and O–H groups in total. The first kappa shape index (κ1) is 15.2. The molecular weight excluding hydrogens is 308 g/mol. The molecule has 23 heavy (non-hydrogen) atoms. The Balaban J connectivity index is 1.80. The first-order valence-corrected chi connectivity index (χ1v) is 8.26. The van der Waals surface area contributed by atoms with Gasteiger partial charge in [-0.3, -0.25) is 0 Å². The third kappa shape index (κ3) is 3.95. The molecule has 0 fully saturated rings. The Bertz CT molecular complexity index is 808. The zero-order valence-corrected chi connectivity index (χ0v) is 13.6. The lowest BCUT2D eigenvalue weighted by Crippen LogP contribution is -2.01. The molecule has 0 aliphatic heterocycles.